The number of hydrogen-bond acceptors (Lipinski definition) is 6. The van der Waals surface area contributed by atoms with E-state index in [0.29, 0.717) is 38.5 Å². The third kappa shape index (κ3) is 3.45. The Morgan fingerprint density at radius 3 is 2.77 bits per heavy atom. The van der Waals surface area contributed by atoms with Gasteiger partial charge >= 0.3 is 0 Å². The third-order valence-corrected chi connectivity index (χ3v) is 3.32. The molecule has 0 radical (unpaired) electrons. The average Bonchev–Trinajstić information content (AvgIpc) is 2.93. The molecule has 0 atom stereocenters. The standard InChI is InChI=1S/C14H14N8/c15-8-13(9-16)14-21(5-4-19-20-17)6-7-22(14)11-12-2-1-3-18-10-12/h1-3,10H,4-7,11H2. The van der Waals surface area contributed by atoms with Crippen LogP contribution in [0.15, 0.2) is 41.0 Å². The van der Waals surface area contributed by atoms with Crippen LogP contribution in [0.5, 0.6) is 0 Å². The van der Waals surface area contributed by atoms with Crippen LogP contribution in [0.2, 0.25) is 0 Å². The minimum absolute atomic E-state index is 0.0716. The molecule has 0 aliphatic carbocycles. The van der Waals surface area contributed by atoms with Crippen molar-refractivity contribution in [3.8, 4) is 12.1 Å². The number of nitrogens with zero attached hydrogens (tertiary/aromatic N) is 8. The lowest BCUT2D eigenvalue weighted by Crippen LogP contribution is -2.26. The van der Waals surface area contributed by atoms with Crippen LogP contribution in [0.1, 0.15) is 5.56 Å². The Morgan fingerprint density at radius 2 is 2.14 bits per heavy atom. The monoisotopic (exact) mass is 294 g/mol. The first-order valence-corrected chi connectivity index (χ1v) is 6.74. The molecule has 110 valence electrons. The summed E-state index contributed by atoms with van der Waals surface area (Å²) in [6, 6.07) is 7.69. The van der Waals surface area contributed by atoms with Crippen LogP contribution in [-0.2, 0) is 6.54 Å². The lowest BCUT2D eigenvalue weighted by molar-refractivity contribution is 0.333. The van der Waals surface area contributed by atoms with Crippen molar-refractivity contribution in [1.29, 1.82) is 10.5 Å². The van der Waals surface area contributed by atoms with Crippen molar-refractivity contribution in [2.75, 3.05) is 26.2 Å². The van der Waals surface area contributed by atoms with Crippen molar-refractivity contribution in [2.24, 2.45) is 5.11 Å². The lowest BCUT2D eigenvalue weighted by Gasteiger charge is -2.24. The summed E-state index contributed by atoms with van der Waals surface area (Å²) in [7, 11) is 0. The van der Waals surface area contributed by atoms with E-state index in [1.165, 1.54) is 0 Å². The average molecular weight is 294 g/mol. The number of nitriles is 2. The first-order chi connectivity index (χ1) is 10.8. The number of rotatable bonds is 5. The van der Waals surface area contributed by atoms with E-state index >= 15 is 0 Å². The fraction of sp³-hybridized carbons (Fsp3) is 0.357. The maximum absolute atomic E-state index is 9.18. The van der Waals surface area contributed by atoms with E-state index in [9.17, 15) is 10.5 Å². The van der Waals surface area contributed by atoms with Gasteiger partial charge in [-0.25, -0.2) is 0 Å². The van der Waals surface area contributed by atoms with Crippen LogP contribution in [-0.4, -0.2) is 41.0 Å². The second-order valence-corrected chi connectivity index (χ2v) is 4.65. The molecule has 0 N–H and O–H groups in total. The van der Waals surface area contributed by atoms with Crippen molar-refractivity contribution in [3.63, 3.8) is 0 Å². The second kappa shape index (κ2) is 7.53. The highest BCUT2D eigenvalue weighted by atomic mass is 15.4. The summed E-state index contributed by atoms with van der Waals surface area (Å²) >= 11 is 0. The normalized spacial score (nSPS) is 13.3. The molecule has 0 saturated carbocycles. The molecule has 0 aromatic carbocycles. The number of aromatic nitrogens is 1. The van der Waals surface area contributed by atoms with E-state index in [0.717, 1.165) is 5.56 Å². The van der Waals surface area contributed by atoms with Crippen molar-refractivity contribution in [1.82, 2.24) is 14.8 Å². The smallest absolute Gasteiger partial charge is 0.169 e. The minimum Gasteiger partial charge on any atom is -0.355 e. The van der Waals surface area contributed by atoms with Crippen LogP contribution < -0.4 is 0 Å². The molecular weight excluding hydrogens is 280 g/mol. The van der Waals surface area contributed by atoms with Crippen molar-refractivity contribution >= 4 is 0 Å². The molecule has 1 aromatic heterocycles. The first kappa shape index (κ1) is 15.2. The number of allylic oxidation sites excluding steroid dienone is 1. The van der Waals surface area contributed by atoms with E-state index in [1.807, 2.05) is 34.1 Å². The maximum Gasteiger partial charge on any atom is 0.169 e. The molecule has 2 rings (SSSR count). The van der Waals surface area contributed by atoms with Gasteiger partial charge in [-0.1, -0.05) is 11.2 Å². The molecule has 0 bridgehead atoms. The Balaban J connectivity index is 2.23. The largest absolute Gasteiger partial charge is 0.355 e. The third-order valence-electron chi connectivity index (χ3n) is 3.32. The highest BCUT2D eigenvalue weighted by Crippen LogP contribution is 2.23. The van der Waals surface area contributed by atoms with E-state index in [1.54, 1.807) is 12.4 Å². The van der Waals surface area contributed by atoms with Gasteiger partial charge in [0, 0.05) is 50.0 Å². The van der Waals surface area contributed by atoms with Gasteiger partial charge in [0.05, 0.1) is 0 Å². The maximum atomic E-state index is 9.18. The molecule has 1 aliphatic heterocycles. The van der Waals surface area contributed by atoms with Crippen LogP contribution in [0.4, 0.5) is 0 Å². The minimum atomic E-state index is 0.0716. The molecule has 8 nitrogen and oxygen atoms in total. The molecule has 0 unspecified atom stereocenters. The Morgan fingerprint density at radius 1 is 1.36 bits per heavy atom. The summed E-state index contributed by atoms with van der Waals surface area (Å²) in [5.74, 6) is 0.599. The Kier molecular flexibility index (Phi) is 5.20. The molecule has 8 heteroatoms. The molecule has 0 spiro atoms. The predicted octanol–water partition coefficient (Wildman–Crippen LogP) is 1.77. The lowest BCUT2D eigenvalue weighted by atomic mass is 10.2. The summed E-state index contributed by atoms with van der Waals surface area (Å²) < 4.78 is 0. The molecule has 22 heavy (non-hydrogen) atoms. The van der Waals surface area contributed by atoms with Crippen LogP contribution in [0, 0.1) is 22.7 Å². The van der Waals surface area contributed by atoms with Gasteiger partial charge in [-0.2, -0.15) is 10.5 Å². The highest BCUT2D eigenvalue weighted by Gasteiger charge is 2.28. The van der Waals surface area contributed by atoms with E-state index < -0.39 is 0 Å². The number of azide groups is 1. The molecule has 0 amide bonds. The van der Waals surface area contributed by atoms with Gasteiger partial charge in [-0.3, -0.25) is 4.98 Å². The van der Waals surface area contributed by atoms with Gasteiger partial charge in [-0.15, -0.1) is 0 Å². The first-order valence-electron chi connectivity index (χ1n) is 6.74. The van der Waals surface area contributed by atoms with Gasteiger partial charge in [0.1, 0.15) is 18.0 Å². The second-order valence-electron chi connectivity index (χ2n) is 4.65. The summed E-state index contributed by atoms with van der Waals surface area (Å²) in [5.41, 5.74) is 9.44. The number of hydrogen-bond donors (Lipinski definition) is 0. The molecule has 1 aliphatic rings. The number of pyridine rings is 1. The van der Waals surface area contributed by atoms with Crippen molar-refractivity contribution in [2.45, 2.75) is 6.54 Å². The molecule has 1 fully saturated rings. The zero-order valence-electron chi connectivity index (χ0n) is 11.9. The van der Waals surface area contributed by atoms with Gasteiger partial charge in [-0.05, 0) is 17.2 Å². The Bertz CT molecular complexity index is 659. The molecular formula is C14H14N8. The molecule has 2 heterocycles. The summed E-state index contributed by atoms with van der Waals surface area (Å²) in [6.45, 7) is 2.74. The van der Waals surface area contributed by atoms with Crippen molar-refractivity contribution in [3.05, 3.63) is 51.9 Å². The van der Waals surface area contributed by atoms with Gasteiger partial charge < -0.3 is 9.80 Å². The summed E-state index contributed by atoms with van der Waals surface area (Å²) in [4.78, 5) is 10.7. The van der Waals surface area contributed by atoms with E-state index in [-0.39, 0.29) is 5.57 Å². The Labute approximate surface area is 128 Å². The quantitative estimate of drug-likeness (QED) is 0.355. The topological polar surface area (TPSA) is 116 Å². The molecule has 1 saturated heterocycles. The van der Waals surface area contributed by atoms with E-state index in [2.05, 4.69) is 15.0 Å². The Hall–Kier alpha value is -3.22. The summed E-state index contributed by atoms with van der Waals surface area (Å²) in [5, 5.41) is 21.9. The van der Waals surface area contributed by atoms with Crippen LogP contribution >= 0.6 is 0 Å². The van der Waals surface area contributed by atoms with Gasteiger partial charge in [0.15, 0.2) is 5.57 Å². The zero-order chi connectivity index (χ0) is 15.8. The zero-order valence-corrected chi connectivity index (χ0v) is 11.9. The SMILES string of the molecule is N#CC(C#N)=C1N(CCN=[N+]=[N-])CCN1Cc1cccnc1. The molecule has 1 aromatic rings. The van der Waals surface area contributed by atoms with Crippen molar-refractivity contribution < 1.29 is 0 Å². The fourth-order valence-electron chi connectivity index (χ4n) is 2.39. The van der Waals surface area contributed by atoms with Crippen LogP contribution in [0.3, 0.4) is 0 Å². The fourth-order valence-corrected chi connectivity index (χ4v) is 2.39. The predicted molar refractivity (Wildman–Crippen MR) is 78.5 cm³/mol. The van der Waals surface area contributed by atoms with Gasteiger partial charge in [0.2, 0.25) is 0 Å². The van der Waals surface area contributed by atoms with Crippen LogP contribution in [0.25, 0.3) is 10.4 Å². The van der Waals surface area contributed by atoms with Gasteiger partial charge in [0.25, 0.3) is 0 Å². The van der Waals surface area contributed by atoms with E-state index in [4.69, 9.17) is 5.53 Å². The summed E-state index contributed by atoms with van der Waals surface area (Å²) in [6.07, 6.45) is 3.46. The highest BCUT2D eigenvalue weighted by molar-refractivity contribution is 5.40.